The number of esters is 1. The molecular formula is C37H33FN2O4. The van der Waals surface area contributed by atoms with E-state index in [2.05, 4.69) is 10.3 Å². The number of pyridine rings is 1. The second-order valence-electron chi connectivity index (χ2n) is 11.2. The van der Waals surface area contributed by atoms with Crippen LogP contribution in [-0.2, 0) is 11.3 Å². The molecular weight excluding hydrogens is 555 g/mol. The molecule has 1 aromatic heterocycles. The third kappa shape index (κ3) is 6.04. The van der Waals surface area contributed by atoms with Crippen LogP contribution in [0.4, 0.5) is 4.39 Å². The molecule has 6 rings (SSSR count). The first-order valence-electron chi connectivity index (χ1n) is 14.8. The van der Waals surface area contributed by atoms with E-state index in [9.17, 15) is 14.0 Å². The fourth-order valence-electron chi connectivity index (χ4n) is 5.82. The van der Waals surface area contributed by atoms with Crippen LogP contribution in [0.15, 0.2) is 90.8 Å². The number of rotatable bonds is 9. The maximum Gasteiger partial charge on any atom is 0.345 e. The smallest absolute Gasteiger partial charge is 0.345 e. The van der Waals surface area contributed by atoms with Crippen molar-refractivity contribution in [3.05, 3.63) is 130 Å². The molecule has 0 bridgehead atoms. The molecule has 0 spiro atoms. The third-order valence-corrected chi connectivity index (χ3v) is 8.40. The van der Waals surface area contributed by atoms with Crippen LogP contribution in [-0.4, -0.2) is 24.0 Å². The molecule has 222 valence electrons. The van der Waals surface area contributed by atoms with Gasteiger partial charge in [-0.25, -0.2) is 9.18 Å². The average molecular weight is 589 g/mol. The molecule has 4 aromatic rings. The summed E-state index contributed by atoms with van der Waals surface area (Å²) < 4.78 is 26.2. The minimum atomic E-state index is -0.496. The van der Waals surface area contributed by atoms with Crippen molar-refractivity contribution in [3.63, 3.8) is 0 Å². The van der Waals surface area contributed by atoms with Gasteiger partial charge in [-0.3, -0.25) is 9.78 Å². The molecule has 1 amide bonds. The lowest BCUT2D eigenvalue weighted by molar-refractivity contribution is -0.120. The molecule has 44 heavy (non-hydrogen) atoms. The van der Waals surface area contributed by atoms with Crippen molar-refractivity contribution in [1.29, 1.82) is 0 Å². The monoisotopic (exact) mass is 588 g/mol. The maximum absolute atomic E-state index is 14.5. The number of hydrogen-bond donors (Lipinski definition) is 1. The molecule has 3 aromatic carbocycles. The van der Waals surface area contributed by atoms with Gasteiger partial charge in [-0.1, -0.05) is 42.8 Å². The molecule has 0 unspecified atom stereocenters. The average Bonchev–Trinajstić information content (AvgIpc) is 3.26. The minimum absolute atomic E-state index is 0.131. The van der Waals surface area contributed by atoms with E-state index in [1.165, 1.54) is 18.3 Å². The van der Waals surface area contributed by atoms with E-state index < -0.39 is 5.97 Å². The van der Waals surface area contributed by atoms with Gasteiger partial charge in [0.25, 0.3) is 0 Å². The van der Waals surface area contributed by atoms with E-state index in [4.69, 9.17) is 9.47 Å². The van der Waals surface area contributed by atoms with E-state index in [0.29, 0.717) is 23.6 Å². The predicted molar refractivity (Wildman–Crippen MR) is 169 cm³/mol. The molecule has 0 atom stereocenters. The van der Waals surface area contributed by atoms with Gasteiger partial charge >= 0.3 is 5.97 Å². The van der Waals surface area contributed by atoms with Crippen LogP contribution in [0.2, 0.25) is 0 Å². The Labute approximate surface area is 256 Å². The highest BCUT2D eigenvalue weighted by Crippen LogP contribution is 2.48. The standard InChI is InChI=1S/C37H33FN2O4/c1-23-30(29-14-13-28(38)19-33(29)31(23)20-35(41)40-21-24-8-4-3-5-9-24)16-25-17-32(26-10-6-11-26)36(34(18-25)43-2)44-37(42)27-12-7-15-39-22-27/h3-5,7-9,12-19,22,26H,6,10-11,20-21H2,1-2H3,(H,40,41)/b30-16-. The zero-order valence-electron chi connectivity index (χ0n) is 24.7. The van der Waals surface area contributed by atoms with Gasteiger partial charge in [0.2, 0.25) is 5.91 Å². The molecule has 1 saturated carbocycles. The molecule has 0 aliphatic heterocycles. The summed E-state index contributed by atoms with van der Waals surface area (Å²) in [6.45, 7) is 2.39. The summed E-state index contributed by atoms with van der Waals surface area (Å²) in [5, 5.41) is 2.99. The number of aromatic nitrogens is 1. The van der Waals surface area contributed by atoms with Crippen molar-refractivity contribution in [3.8, 4) is 11.5 Å². The van der Waals surface area contributed by atoms with Crippen LogP contribution >= 0.6 is 0 Å². The quantitative estimate of drug-likeness (QED) is 0.160. The number of fused-ring (bicyclic) bond motifs is 1. The van der Waals surface area contributed by atoms with E-state index in [0.717, 1.165) is 63.8 Å². The molecule has 0 radical (unpaired) electrons. The highest BCUT2D eigenvalue weighted by atomic mass is 19.1. The molecule has 1 fully saturated rings. The van der Waals surface area contributed by atoms with Crippen molar-refractivity contribution in [1.82, 2.24) is 10.3 Å². The molecule has 2 aliphatic rings. The van der Waals surface area contributed by atoms with Crippen molar-refractivity contribution >= 4 is 29.1 Å². The number of carbonyl (C=O) groups excluding carboxylic acids is 2. The van der Waals surface area contributed by atoms with Gasteiger partial charge in [-0.2, -0.15) is 0 Å². The van der Waals surface area contributed by atoms with Crippen LogP contribution in [0.25, 0.3) is 17.2 Å². The first-order chi connectivity index (χ1) is 21.4. The number of allylic oxidation sites excluding steroid dienone is 2. The summed E-state index contributed by atoms with van der Waals surface area (Å²) >= 11 is 0. The SMILES string of the molecule is COc1cc(/C=C2/C(C)=C(CC(=O)NCc3ccccc3)c3cc(F)ccc32)cc(C2CCC2)c1OC(=O)c1cccnc1. The van der Waals surface area contributed by atoms with Gasteiger partial charge in [-0.15, -0.1) is 0 Å². The van der Waals surface area contributed by atoms with Gasteiger partial charge in [0.1, 0.15) is 5.82 Å². The van der Waals surface area contributed by atoms with Crippen molar-refractivity contribution in [2.75, 3.05) is 7.11 Å². The van der Waals surface area contributed by atoms with Gasteiger partial charge in [-0.05, 0) is 107 Å². The number of hydrogen-bond acceptors (Lipinski definition) is 5. The number of benzene rings is 3. The topological polar surface area (TPSA) is 77.5 Å². The number of methoxy groups -OCH3 is 1. The van der Waals surface area contributed by atoms with Crippen LogP contribution in [0.3, 0.4) is 0 Å². The predicted octanol–water partition coefficient (Wildman–Crippen LogP) is 7.75. The van der Waals surface area contributed by atoms with Gasteiger partial charge in [0.05, 0.1) is 19.1 Å². The van der Waals surface area contributed by atoms with Gasteiger partial charge in [0, 0.05) is 24.5 Å². The summed E-state index contributed by atoms with van der Waals surface area (Å²) in [5.74, 6) is 0.137. The Morgan fingerprint density at radius 3 is 2.55 bits per heavy atom. The molecule has 6 nitrogen and oxygen atoms in total. The van der Waals surface area contributed by atoms with Crippen LogP contribution in [0.1, 0.15) is 76.7 Å². The van der Waals surface area contributed by atoms with Crippen molar-refractivity contribution in [2.24, 2.45) is 0 Å². The number of nitrogens with zero attached hydrogens (tertiary/aromatic N) is 1. The lowest BCUT2D eigenvalue weighted by Gasteiger charge is -2.28. The van der Waals surface area contributed by atoms with Crippen LogP contribution < -0.4 is 14.8 Å². The summed E-state index contributed by atoms with van der Waals surface area (Å²) in [6, 6.07) is 21.7. The highest BCUT2D eigenvalue weighted by Gasteiger charge is 2.29. The molecule has 1 N–H and O–H groups in total. The Kier molecular flexibility index (Phi) is 8.37. The maximum atomic E-state index is 14.5. The Balaban J connectivity index is 1.34. The largest absolute Gasteiger partial charge is 0.493 e. The Bertz CT molecular complexity index is 1780. The summed E-state index contributed by atoms with van der Waals surface area (Å²) in [7, 11) is 1.56. The number of ether oxygens (including phenoxy) is 2. The minimum Gasteiger partial charge on any atom is -0.493 e. The fourth-order valence-corrected chi connectivity index (χ4v) is 5.82. The van der Waals surface area contributed by atoms with Crippen LogP contribution in [0.5, 0.6) is 11.5 Å². The zero-order chi connectivity index (χ0) is 30.6. The number of halogens is 1. The first kappa shape index (κ1) is 29.1. The van der Waals surface area contributed by atoms with Crippen molar-refractivity contribution in [2.45, 2.75) is 45.1 Å². The number of carbonyl (C=O) groups is 2. The van der Waals surface area contributed by atoms with E-state index in [1.54, 1.807) is 31.5 Å². The molecule has 1 heterocycles. The molecule has 7 heteroatoms. The summed E-state index contributed by atoms with van der Waals surface area (Å²) in [4.78, 5) is 30.0. The van der Waals surface area contributed by atoms with E-state index >= 15 is 0 Å². The summed E-state index contributed by atoms with van der Waals surface area (Å²) in [5.41, 5.74) is 7.35. The Hall–Kier alpha value is -5.04. The number of nitrogens with one attached hydrogen (secondary N) is 1. The van der Waals surface area contributed by atoms with Crippen molar-refractivity contribution < 1.29 is 23.5 Å². The lowest BCUT2D eigenvalue weighted by atomic mass is 9.79. The lowest BCUT2D eigenvalue weighted by Crippen LogP contribution is -2.22. The van der Waals surface area contributed by atoms with Gasteiger partial charge in [0.15, 0.2) is 11.5 Å². The fraction of sp³-hybridized carbons (Fsp3) is 0.216. The second kappa shape index (κ2) is 12.7. The highest BCUT2D eigenvalue weighted by molar-refractivity contribution is 6.08. The Morgan fingerprint density at radius 2 is 1.84 bits per heavy atom. The van der Waals surface area contributed by atoms with E-state index in [-0.39, 0.29) is 24.1 Å². The number of amides is 1. The molecule has 2 aliphatic carbocycles. The summed E-state index contributed by atoms with van der Waals surface area (Å²) in [6.07, 6.45) is 8.34. The third-order valence-electron chi connectivity index (χ3n) is 8.40. The second-order valence-corrected chi connectivity index (χ2v) is 11.2. The van der Waals surface area contributed by atoms with Gasteiger partial charge < -0.3 is 14.8 Å². The normalized spacial score (nSPS) is 15.1. The Morgan fingerprint density at radius 1 is 1.02 bits per heavy atom. The zero-order valence-corrected chi connectivity index (χ0v) is 24.7. The van der Waals surface area contributed by atoms with E-state index in [1.807, 2.05) is 55.5 Å². The molecule has 0 saturated heterocycles. The van der Waals surface area contributed by atoms with Crippen LogP contribution in [0, 0.1) is 5.82 Å². The first-order valence-corrected chi connectivity index (χ1v) is 14.8.